The van der Waals surface area contributed by atoms with Gasteiger partial charge in [0.05, 0.1) is 25.7 Å². The van der Waals surface area contributed by atoms with Crippen molar-refractivity contribution in [1.29, 1.82) is 0 Å². The average molecular weight is 450 g/mol. The molecule has 0 spiro atoms. The topological polar surface area (TPSA) is 91.1 Å². The van der Waals surface area contributed by atoms with E-state index in [0.717, 1.165) is 5.56 Å². The van der Waals surface area contributed by atoms with Crippen LogP contribution in [-0.4, -0.2) is 43.9 Å². The predicted octanol–water partition coefficient (Wildman–Crippen LogP) is 3.94. The molecule has 0 bridgehead atoms. The SMILES string of the molecule is CCOC(=O)C1CCN(c2oc(Cc3ccccc3)nc2P(=O)(OCC)OCC)CC1. The molecule has 3 rings (SSSR count). The van der Waals surface area contributed by atoms with Crippen molar-refractivity contribution in [2.24, 2.45) is 5.92 Å². The number of rotatable bonds is 10. The number of carbonyl (C=O) groups is 1. The van der Waals surface area contributed by atoms with Gasteiger partial charge in [-0.2, -0.15) is 0 Å². The van der Waals surface area contributed by atoms with Crippen molar-refractivity contribution in [3.8, 4) is 0 Å². The lowest BCUT2D eigenvalue weighted by atomic mass is 9.97. The van der Waals surface area contributed by atoms with Gasteiger partial charge in [-0.3, -0.25) is 9.36 Å². The molecule has 1 aromatic carbocycles. The highest BCUT2D eigenvalue weighted by atomic mass is 31.2. The molecule has 1 aromatic heterocycles. The normalized spacial score (nSPS) is 15.3. The summed E-state index contributed by atoms with van der Waals surface area (Å²) in [6, 6.07) is 9.82. The fraction of sp³-hybridized carbons (Fsp3) is 0.545. The van der Waals surface area contributed by atoms with Crippen LogP contribution >= 0.6 is 7.60 Å². The number of hydrogen-bond acceptors (Lipinski definition) is 8. The maximum absolute atomic E-state index is 13.5. The lowest BCUT2D eigenvalue weighted by molar-refractivity contribution is -0.148. The van der Waals surface area contributed by atoms with E-state index in [4.69, 9.17) is 18.2 Å². The van der Waals surface area contributed by atoms with E-state index in [-0.39, 0.29) is 30.5 Å². The summed E-state index contributed by atoms with van der Waals surface area (Å²) in [5, 5.41) is 0. The lowest BCUT2D eigenvalue weighted by Gasteiger charge is -2.31. The fourth-order valence-corrected chi connectivity index (χ4v) is 5.31. The Bertz CT molecular complexity index is 883. The number of benzene rings is 1. The van der Waals surface area contributed by atoms with Crippen molar-refractivity contribution in [2.45, 2.75) is 40.0 Å². The van der Waals surface area contributed by atoms with Crippen LogP contribution in [-0.2, 0) is 29.6 Å². The number of hydrogen-bond donors (Lipinski definition) is 0. The van der Waals surface area contributed by atoms with Gasteiger partial charge in [-0.05, 0) is 39.2 Å². The molecule has 31 heavy (non-hydrogen) atoms. The molecular formula is C22H31N2O6P. The Hall–Kier alpha value is -2.15. The molecule has 1 aliphatic rings. The molecule has 0 aliphatic carbocycles. The summed E-state index contributed by atoms with van der Waals surface area (Å²) in [6.45, 7) is 7.29. The number of piperidine rings is 1. The van der Waals surface area contributed by atoms with E-state index in [9.17, 15) is 9.36 Å². The van der Waals surface area contributed by atoms with E-state index in [0.29, 0.717) is 50.7 Å². The summed E-state index contributed by atoms with van der Waals surface area (Å²) in [5.74, 6) is 0.540. The molecule has 2 heterocycles. The number of nitrogens with zero attached hydrogens (tertiary/aromatic N) is 2. The third kappa shape index (κ3) is 5.76. The summed E-state index contributed by atoms with van der Waals surface area (Å²) in [4.78, 5) is 18.6. The third-order valence-electron chi connectivity index (χ3n) is 5.09. The number of oxazole rings is 1. The summed E-state index contributed by atoms with van der Waals surface area (Å²) in [5.41, 5.74) is 1.24. The molecule has 0 radical (unpaired) electrons. The second-order valence-electron chi connectivity index (χ2n) is 7.25. The largest absolute Gasteiger partial charge is 0.466 e. The van der Waals surface area contributed by atoms with Crippen LogP contribution in [0, 0.1) is 5.92 Å². The number of carbonyl (C=O) groups excluding carboxylic acids is 1. The number of aromatic nitrogens is 1. The van der Waals surface area contributed by atoms with Gasteiger partial charge in [0.2, 0.25) is 17.2 Å². The molecule has 170 valence electrons. The van der Waals surface area contributed by atoms with Gasteiger partial charge in [-0.1, -0.05) is 30.3 Å². The summed E-state index contributed by atoms with van der Waals surface area (Å²) >= 11 is 0. The molecule has 2 aromatic rings. The molecule has 8 nitrogen and oxygen atoms in total. The maximum atomic E-state index is 13.5. The van der Waals surface area contributed by atoms with Gasteiger partial charge in [0, 0.05) is 19.5 Å². The van der Waals surface area contributed by atoms with Crippen molar-refractivity contribution in [2.75, 3.05) is 37.8 Å². The molecule has 1 fully saturated rings. The Balaban J connectivity index is 1.88. The highest BCUT2D eigenvalue weighted by Crippen LogP contribution is 2.49. The Morgan fingerprint density at radius 1 is 1.10 bits per heavy atom. The lowest BCUT2D eigenvalue weighted by Crippen LogP contribution is -2.38. The second kappa shape index (κ2) is 10.9. The van der Waals surface area contributed by atoms with Crippen molar-refractivity contribution >= 4 is 24.9 Å². The van der Waals surface area contributed by atoms with Crippen LogP contribution in [0.15, 0.2) is 34.7 Å². The first-order valence-corrected chi connectivity index (χ1v) is 12.4. The van der Waals surface area contributed by atoms with Crippen LogP contribution < -0.4 is 10.3 Å². The molecule has 0 atom stereocenters. The molecule has 1 saturated heterocycles. The van der Waals surface area contributed by atoms with Crippen molar-refractivity contribution in [1.82, 2.24) is 4.98 Å². The molecule has 9 heteroatoms. The monoisotopic (exact) mass is 450 g/mol. The van der Waals surface area contributed by atoms with Gasteiger partial charge in [-0.25, -0.2) is 4.98 Å². The number of esters is 1. The smallest absolute Gasteiger partial charge is 0.385 e. The van der Waals surface area contributed by atoms with Crippen LogP contribution in [0.1, 0.15) is 45.1 Å². The van der Waals surface area contributed by atoms with Gasteiger partial charge < -0.3 is 23.1 Å². The molecule has 0 saturated carbocycles. The Kier molecular flexibility index (Phi) is 8.29. The van der Waals surface area contributed by atoms with E-state index >= 15 is 0 Å². The Morgan fingerprint density at radius 3 is 2.32 bits per heavy atom. The molecule has 0 amide bonds. The molecular weight excluding hydrogens is 419 g/mol. The summed E-state index contributed by atoms with van der Waals surface area (Å²) < 4.78 is 35.9. The molecule has 0 N–H and O–H groups in total. The predicted molar refractivity (Wildman–Crippen MR) is 118 cm³/mol. The maximum Gasteiger partial charge on any atom is 0.385 e. The number of anilines is 1. The first-order valence-electron chi connectivity index (χ1n) is 10.9. The first kappa shape index (κ1) is 23.5. The molecule has 1 aliphatic heterocycles. The third-order valence-corrected chi connectivity index (χ3v) is 7.10. The first-order chi connectivity index (χ1) is 15.0. The highest BCUT2D eigenvalue weighted by molar-refractivity contribution is 7.62. The van der Waals surface area contributed by atoms with E-state index < -0.39 is 7.60 Å². The van der Waals surface area contributed by atoms with E-state index in [1.165, 1.54) is 0 Å². The van der Waals surface area contributed by atoms with Crippen LogP contribution in [0.25, 0.3) is 0 Å². The Morgan fingerprint density at radius 2 is 1.74 bits per heavy atom. The Labute approximate surface area is 183 Å². The minimum Gasteiger partial charge on any atom is -0.466 e. The average Bonchev–Trinajstić information content (AvgIpc) is 3.20. The van der Waals surface area contributed by atoms with Gasteiger partial charge in [-0.15, -0.1) is 0 Å². The van der Waals surface area contributed by atoms with Gasteiger partial charge in [0.1, 0.15) is 0 Å². The van der Waals surface area contributed by atoms with Crippen molar-refractivity contribution in [3.05, 3.63) is 41.8 Å². The standard InChI is InChI=1S/C22H31N2O6P/c1-4-27-22(25)18-12-14-24(15-13-18)21-20(31(26,28-5-2)29-6-3)23-19(30-21)16-17-10-8-7-9-11-17/h7-11,18H,4-6,12-16H2,1-3H3. The van der Waals surface area contributed by atoms with Crippen LogP contribution in [0.3, 0.4) is 0 Å². The quantitative estimate of drug-likeness (QED) is 0.397. The summed E-state index contributed by atoms with van der Waals surface area (Å²) in [6.07, 6.45) is 1.71. The number of ether oxygens (including phenoxy) is 1. The zero-order chi connectivity index (χ0) is 22.3. The summed E-state index contributed by atoms with van der Waals surface area (Å²) in [7, 11) is -3.64. The van der Waals surface area contributed by atoms with Gasteiger partial charge in [0.25, 0.3) is 0 Å². The zero-order valence-corrected chi connectivity index (χ0v) is 19.3. The van der Waals surface area contributed by atoms with E-state index in [1.54, 1.807) is 20.8 Å². The minimum atomic E-state index is -3.64. The second-order valence-corrected chi connectivity index (χ2v) is 9.18. The molecule has 0 unspecified atom stereocenters. The van der Waals surface area contributed by atoms with Gasteiger partial charge >= 0.3 is 13.6 Å². The van der Waals surface area contributed by atoms with E-state index in [2.05, 4.69) is 4.98 Å². The van der Waals surface area contributed by atoms with E-state index in [1.807, 2.05) is 35.2 Å². The van der Waals surface area contributed by atoms with Crippen LogP contribution in [0.4, 0.5) is 5.88 Å². The fourth-order valence-electron chi connectivity index (χ4n) is 3.65. The van der Waals surface area contributed by atoms with Crippen molar-refractivity contribution < 1.29 is 27.6 Å². The van der Waals surface area contributed by atoms with Crippen LogP contribution in [0.5, 0.6) is 0 Å². The van der Waals surface area contributed by atoms with Crippen molar-refractivity contribution in [3.63, 3.8) is 0 Å². The zero-order valence-electron chi connectivity index (χ0n) is 18.4. The van der Waals surface area contributed by atoms with Crippen LogP contribution in [0.2, 0.25) is 0 Å². The van der Waals surface area contributed by atoms with Gasteiger partial charge in [0.15, 0.2) is 0 Å². The highest BCUT2D eigenvalue weighted by Gasteiger charge is 2.39. The minimum absolute atomic E-state index is 0.142.